The normalized spacial score (nSPS) is 10.8. The molecule has 2 aromatic heterocycles. The Balaban J connectivity index is 1.51. The molecule has 0 aliphatic rings. The highest BCUT2D eigenvalue weighted by Crippen LogP contribution is 2.27. The van der Waals surface area contributed by atoms with E-state index in [4.69, 9.17) is 20.9 Å². The van der Waals surface area contributed by atoms with Crippen molar-refractivity contribution in [3.05, 3.63) is 75.9 Å². The summed E-state index contributed by atoms with van der Waals surface area (Å²) in [6, 6.07) is 16.1. The van der Waals surface area contributed by atoms with Gasteiger partial charge in [-0.15, -0.1) is 0 Å². The Labute approximate surface area is 175 Å². The summed E-state index contributed by atoms with van der Waals surface area (Å²) in [5, 5.41) is 4.98. The standard InChI is InChI=1S/C20H15ClN4O3S/c1-27-13-8-6-12(7-9-13)16-10-17(26)23-20(22-16)29-11-18-24-19(25-28-18)14-4-2-3-5-15(14)21/h2-10H,11H2,1H3,(H,22,23,26). The van der Waals surface area contributed by atoms with Crippen LogP contribution in [0.1, 0.15) is 5.89 Å². The van der Waals surface area contributed by atoms with Crippen LogP contribution in [0.4, 0.5) is 0 Å². The van der Waals surface area contributed by atoms with Gasteiger partial charge in [-0.2, -0.15) is 4.98 Å². The first-order chi connectivity index (χ1) is 14.1. The number of rotatable bonds is 6. The SMILES string of the molecule is COc1ccc(-c2cc(=O)[nH]c(SCc3nc(-c4ccccc4Cl)no3)n2)cc1. The monoisotopic (exact) mass is 426 g/mol. The number of thioether (sulfide) groups is 1. The van der Waals surface area contributed by atoms with Gasteiger partial charge in [-0.1, -0.05) is 40.7 Å². The Morgan fingerprint density at radius 2 is 1.93 bits per heavy atom. The van der Waals surface area contributed by atoms with Gasteiger partial charge in [0.2, 0.25) is 11.7 Å². The number of H-pyrrole nitrogens is 1. The van der Waals surface area contributed by atoms with E-state index in [-0.39, 0.29) is 5.56 Å². The molecule has 0 atom stereocenters. The highest BCUT2D eigenvalue weighted by Gasteiger charge is 2.13. The number of methoxy groups -OCH3 is 1. The van der Waals surface area contributed by atoms with E-state index >= 15 is 0 Å². The van der Waals surface area contributed by atoms with Gasteiger partial charge < -0.3 is 14.2 Å². The van der Waals surface area contributed by atoms with Gasteiger partial charge in [0, 0.05) is 17.2 Å². The predicted octanol–water partition coefficient (Wildman–Crippen LogP) is 4.44. The van der Waals surface area contributed by atoms with Gasteiger partial charge in [0.1, 0.15) is 5.75 Å². The van der Waals surface area contributed by atoms with Crippen LogP contribution in [0.25, 0.3) is 22.6 Å². The van der Waals surface area contributed by atoms with E-state index < -0.39 is 0 Å². The Kier molecular flexibility index (Phi) is 5.64. The lowest BCUT2D eigenvalue weighted by Gasteiger charge is -2.04. The van der Waals surface area contributed by atoms with Gasteiger partial charge >= 0.3 is 0 Å². The van der Waals surface area contributed by atoms with Gasteiger partial charge in [0.25, 0.3) is 5.56 Å². The summed E-state index contributed by atoms with van der Waals surface area (Å²) < 4.78 is 10.4. The average Bonchev–Trinajstić information content (AvgIpc) is 3.21. The highest BCUT2D eigenvalue weighted by atomic mass is 35.5. The Morgan fingerprint density at radius 3 is 2.69 bits per heavy atom. The van der Waals surface area contributed by atoms with Gasteiger partial charge in [0.15, 0.2) is 5.16 Å². The molecule has 0 bridgehead atoms. The second kappa shape index (κ2) is 8.50. The van der Waals surface area contributed by atoms with Gasteiger partial charge in [-0.05, 0) is 36.4 Å². The molecule has 0 amide bonds. The fraction of sp³-hybridized carbons (Fsp3) is 0.100. The molecule has 29 heavy (non-hydrogen) atoms. The van der Waals surface area contributed by atoms with Crippen molar-refractivity contribution in [3.8, 4) is 28.4 Å². The van der Waals surface area contributed by atoms with E-state index in [0.29, 0.717) is 38.9 Å². The van der Waals surface area contributed by atoms with E-state index in [1.807, 2.05) is 42.5 Å². The molecule has 4 rings (SSSR count). The van der Waals surface area contributed by atoms with Crippen LogP contribution in [0.5, 0.6) is 5.75 Å². The molecular weight excluding hydrogens is 412 g/mol. The molecule has 9 heteroatoms. The number of aromatic amines is 1. The molecular formula is C20H15ClN4O3S. The van der Waals surface area contributed by atoms with E-state index in [9.17, 15) is 4.79 Å². The fourth-order valence-corrected chi connectivity index (χ4v) is 3.54. The molecule has 2 heterocycles. The minimum atomic E-state index is -0.240. The van der Waals surface area contributed by atoms with E-state index in [1.54, 1.807) is 13.2 Å². The molecule has 0 unspecified atom stereocenters. The number of benzene rings is 2. The minimum absolute atomic E-state index is 0.240. The quantitative estimate of drug-likeness (QED) is 0.359. The maximum absolute atomic E-state index is 12.0. The number of halogens is 1. The van der Waals surface area contributed by atoms with Crippen LogP contribution in [0.2, 0.25) is 5.02 Å². The van der Waals surface area contributed by atoms with Crippen LogP contribution in [0, 0.1) is 0 Å². The number of nitrogens with one attached hydrogen (secondary N) is 1. The summed E-state index contributed by atoms with van der Waals surface area (Å²) in [7, 11) is 1.60. The first-order valence-corrected chi connectivity index (χ1v) is 9.95. The molecule has 0 fully saturated rings. The lowest BCUT2D eigenvalue weighted by molar-refractivity contribution is 0.391. The summed E-state index contributed by atoms with van der Waals surface area (Å²) in [6.45, 7) is 0. The average molecular weight is 427 g/mol. The van der Waals surface area contributed by atoms with Crippen molar-refractivity contribution >= 4 is 23.4 Å². The van der Waals surface area contributed by atoms with Crippen molar-refractivity contribution in [2.75, 3.05) is 7.11 Å². The van der Waals surface area contributed by atoms with Crippen molar-refractivity contribution in [2.45, 2.75) is 10.9 Å². The molecule has 2 aromatic carbocycles. The number of hydrogen-bond donors (Lipinski definition) is 1. The maximum atomic E-state index is 12.0. The number of nitrogens with zero attached hydrogens (tertiary/aromatic N) is 3. The van der Waals surface area contributed by atoms with Crippen LogP contribution >= 0.6 is 23.4 Å². The summed E-state index contributed by atoms with van der Waals surface area (Å²) >= 11 is 7.46. The molecule has 0 spiro atoms. The third kappa shape index (κ3) is 4.49. The van der Waals surface area contributed by atoms with Crippen molar-refractivity contribution in [3.63, 3.8) is 0 Å². The first-order valence-electron chi connectivity index (χ1n) is 8.58. The fourth-order valence-electron chi connectivity index (χ4n) is 2.61. The summed E-state index contributed by atoms with van der Waals surface area (Å²) in [5.74, 6) is 1.91. The van der Waals surface area contributed by atoms with Gasteiger partial charge in [0.05, 0.1) is 23.6 Å². The molecule has 146 valence electrons. The summed E-state index contributed by atoms with van der Waals surface area (Å²) in [5.41, 5.74) is 1.84. The molecule has 0 aliphatic heterocycles. The zero-order valence-electron chi connectivity index (χ0n) is 15.3. The van der Waals surface area contributed by atoms with Crippen molar-refractivity contribution in [1.29, 1.82) is 0 Å². The Bertz CT molecular complexity index is 1190. The third-order valence-corrected chi connectivity index (χ3v) is 5.21. The molecule has 7 nitrogen and oxygen atoms in total. The predicted molar refractivity (Wildman–Crippen MR) is 111 cm³/mol. The second-order valence-electron chi connectivity index (χ2n) is 5.94. The van der Waals surface area contributed by atoms with Crippen molar-refractivity contribution in [1.82, 2.24) is 20.1 Å². The Hall–Kier alpha value is -3.10. The van der Waals surface area contributed by atoms with Gasteiger partial charge in [-0.25, -0.2) is 4.98 Å². The molecule has 1 N–H and O–H groups in total. The number of aromatic nitrogens is 4. The first kappa shape index (κ1) is 19.2. The molecule has 0 saturated carbocycles. The van der Waals surface area contributed by atoms with E-state index in [0.717, 1.165) is 11.3 Å². The van der Waals surface area contributed by atoms with Gasteiger partial charge in [-0.3, -0.25) is 4.79 Å². The zero-order chi connectivity index (χ0) is 20.2. The lowest BCUT2D eigenvalue weighted by atomic mass is 10.1. The van der Waals surface area contributed by atoms with Crippen LogP contribution in [0.3, 0.4) is 0 Å². The largest absolute Gasteiger partial charge is 0.497 e. The molecule has 4 aromatic rings. The summed E-state index contributed by atoms with van der Waals surface area (Å²) in [4.78, 5) is 23.6. The van der Waals surface area contributed by atoms with Crippen molar-refractivity contribution < 1.29 is 9.26 Å². The lowest BCUT2D eigenvalue weighted by Crippen LogP contribution is -2.08. The van der Waals surface area contributed by atoms with Crippen LogP contribution in [0.15, 0.2) is 69.1 Å². The second-order valence-corrected chi connectivity index (χ2v) is 7.32. The third-order valence-electron chi connectivity index (χ3n) is 4.02. The smallest absolute Gasteiger partial charge is 0.252 e. The van der Waals surface area contributed by atoms with Crippen LogP contribution in [-0.4, -0.2) is 27.2 Å². The van der Waals surface area contributed by atoms with E-state index in [1.165, 1.54) is 17.8 Å². The minimum Gasteiger partial charge on any atom is -0.497 e. The molecule has 0 saturated heterocycles. The maximum Gasteiger partial charge on any atom is 0.252 e. The number of hydrogen-bond acceptors (Lipinski definition) is 7. The molecule has 0 radical (unpaired) electrons. The number of ether oxygens (including phenoxy) is 1. The zero-order valence-corrected chi connectivity index (χ0v) is 16.8. The Morgan fingerprint density at radius 1 is 1.14 bits per heavy atom. The van der Waals surface area contributed by atoms with Crippen molar-refractivity contribution in [2.24, 2.45) is 0 Å². The molecule has 0 aliphatic carbocycles. The highest BCUT2D eigenvalue weighted by molar-refractivity contribution is 7.98. The van der Waals surface area contributed by atoms with E-state index in [2.05, 4.69) is 20.1 Å². The summed E-state index contributed by atoms with van der Waals surface area (Å²) in [6.07, 6.45) is 0. The van der Waals surface area contributed by atoms with Crippen LogP contribution in [-0.2, 0) is 5.75 Å². The van der Waals surface area contributed by atoms with Crippen LogP contribution < -0.4 is 10.3 Å². The topological polar surface area (TPSA) is 93.9 Å².